The van der Waals surface area contributed by atoms with Crippen molar-refractivity contribution in [3.63, 3.8) is 0 Å². The highest BCUT2D eigenvalue weighted by molar-refractivity contribution is 7.11. The summed E-state index contributed by atoms with van der Waals surface area (Å²) in [4.78, 5) is 31.4. The molecule has 1 N–H and O–H groups in total. The van der Waals surface area contributed by atoms with Gasteiger partial charge < -0.3 is 4.90 Å². The zero-order valence-corrected chi connectivity index (χ0v) is 17.1. The highest BCUT2D eigenvalue weighted by atomic mass is 35.5. The molecule has 3 aromatic heterocycles. The Morgan fingerprint density at radius 3 is 2.85 bits per heavy atom. The lowest BCUT2D eigenvalue weighted by molar-refractivity contribution is 0.0701. The second-order valence-corrected chi connectivity index (χ2v) is 8.50. The molecule has 7 nitrogen and oxygen atoms in total. The molecule has 1 saturated heterocycles. The topological polar surface area (TPSA) is 83.4 Å². The molecule has 0 spiro atoms. The van der Waals surface area contributed by atoms with Gasteiger partial charge in [-0.25, -0.2) is 9.50 Å². The van der Waals surface area contributed by atoms with E-state index in [0.29, 0.717) is 28.6 Å². The van der Waals surface area contributed by atoms with Crippen molar-refractivity contribution in [2.45, 2.75) is 32.6 Å². The molecule has 0 aromatic carbocycles. The Morgan fingerprint density at radius 2 is 2.15 bits per heavy atom. The van der Waals surface area contributed by atoms with E-state index in [9.17, 15) is 9.59 Å². The maximum Gasteiger partial charge on any atom is 0.275 e. The van der Waals surface area contributed by atoms with Crippen LogP contribution in [0.25, 0.3) is 5.65 Å². The lowest BCUT2D eigenvalue weighted by Gasteiger charge is -2.31. The van der Waals surface area contributed by atoms with Crippen LogP contribution in [0, 0.1) is 13.8 Å². The van der Waals surface area contributed by atoms with E-state index in [-0.39, 0.29) is 28.1 Å². The Labute approximate surface area is 169 Å². The van der Waals surface area contributed by atoms with E-state index in [1.54, 1.807) is 11.8 Å². The first-order chi connectivity index (χ1) is 12.9. The van der Waals surface area contributed by atoms with Gasteiger partial charge >= 0.3 is 0 Å². The number of fused-ring (bicyclic) bond motifs is 1. The van der Waals surface area contributed by atoms with Gasteiger partial charge in [0.25, 0.3) is 11.5 Å². The van der Waals surface area contributed by atoms with Crippen LogP contribution in [0.1, 0.15) is 46.2 Å². The van der Waals surface area contributed by atoms with Crippen molar-refractivity contribution in [1.29, 1.82) is 0 Å². The molecular weight excluding hydrogens is 409 g/mol. The van der Waals surface area contributed by atoms with Crippen LogP contribution >= 0.6 is 34.7 Å². The standard InChI is InChI=1S/C17H17Cl2N5O2S/c1-8-9(2)20-12-6-11(21-24(12)16(8)25)10-4-3-5-23(7-10)17(26)14-13(18)15(19)27-22-14/h6,10,21H,3-5,7H2,1-2H3. The molecule has 1 amide bonds. The smallest absolute Gasteiger partial charge is 0.275 e. The van der Waals surface area contributed by atoms with E-state index in [0.717, 1.165) is 35.8 Å². The molecule has 0 saturated carbocycles. The molecule has 142 valence electrons. The minimum Gasteiger partial charge on any atom is -0.337 e. The maximum absolute atomic E-state index is 12.8. The Balaban J connectivity index is 1.62. The number of halogens is 2. The number of hydrogen-bond donors (Lipinski definition) is 1. The number of H-pyrrole nitrogens is 1. The number of rotatable bonds is 2. The van der Waals surface area contributed by atoms with E-state index in [2.05, 4.69) is 14.5 Å². The fraction of sp³-hybridized carbons (Fsp3) is 0.412. The minimum absolute atomic E-state index is 0.0808. The summed E-state index contributed by atoms with van der Waals surface area (Å²) in [5.74, 6) is -0.136. The lowest BCUT2D eigenvalue weighted by Crippen LogP contribution is -2.39. The molecule has 10 heteroatoms. The summed E-state index contributed by atoms with van der Waals surface area (Å²) in [5.41, 5.74) is 2.93. The Kier molecular flexibility index (Phi) is 4.73. The summed E-state index contributed by atoms with van der Waals surface area (Å²) < 4.78 is 5.86. The van der Waals surface area contributed by atoms with Gasteiger partial charge in [0.05, 0.1) is 0 Å². The fourth-order valence-corrected chi connectivity index (χ4v) is 4.39. The van der Waals surface area contributed by atoms with Gasteiger partial charge in [-0.1, -0.05) is 23.2 Å². The second kappa shape index (κ2) is 6.92. The normalized spacial score (nSPS) is 17.6. The van der Waals surface area contributed by atoms with Crippen LogP contribution in [0.3, 0.4) is 0 Å². The van der Waals surface area contributed by atoms with Gasteiger partial charge in [0.2, 0.25) is 0 Å². The zero-order chi connectivity index (χ0) is 19.3. The summed E-state index contributed by atoms with van der Waals surface area (Å²) in [7, 11) is 0. The summed E-state index contributed by atoms with van der Waals surface area (Å²) in [6, 6.07) is 1.89. The lowest BCUT2D eigenvalue weighted by atomic mass is 9.94. The quantitative estimate of drug-likeness (QED) is 0.681. The van der Waals surface area contributed by atoms with E-state index >= 15 is 0 Å². The van der Waals surface area contributed by atoms with Crippen molar-refractivity contribution in [2.75, 3.05) is 13.1 Å². The molecule has 3 aromatic rings. The first-order valence-corrected chi connectivity index (χ1v) is 10.1. The van der Waals surface area contributed by atoms with Gasteiger partial charge in [-0.3, -0.25) is 14.7 Å². The first kappa shape index (κ1) is 18.5. The number of aromatic amines is 1. The molecule has 27 heavy (non-hydrogen) atoms. The van der Waals surface area contributed by atoms with Gasteiger partial charge in [0, 0.05) is 42.0 Å². The molecule has 1 aliphatic rings. The third-order valence-corrected chi connectivity index (χ3v) is 6.66. The van der Waals surface area contributed by atoms with Crippen LogP contribution in [0.15, 0.2) is 10.9 Å². The van der Waals surface area contributed by atoms with Crippen molar-refractivity contribution >= 4 is 46.3 Å². The number of nitrogens with zero attached hydrogens (tertiary/aromatic N) is 4. The van der Waals surface area contributed by atoms with Crippen LogP contribution in [0.4, 0.5) is 0 Å². The molecule has 1 unspecified atom stereocenters. The fourth-order valence-electron chi connectivity index (χ4n) is 3.40. The number of likely N-dealkylation sites (tertiary alicyclic amines) is 1. The van der Waals surface area contributed by atoms with Crippen molar-refractivity contribution in [3.8, 4) is 0 Å². The molecule has 0 bridgehead atoms. The van der Waals surface area contributed by atoms with Crippen LogP contribution in [-0.4, -0.2) is 42.9 Å². The van der Waals surface area contributed by atoms with Crippen molar-refractivity contribution in [3.05, 3.63) is 48.4 Å². The molecule has 0 aliphatic carbocycles. The van der Waals surface area contributed by atoms with Crippen LogP contribution < -0.4 is 5.56 Å². The van der Waals surface area contributed by atoms with Crippen molar-refractivity contribution < 1.29 is 4.79 Å². The van der Waals surface area contributed by atoms with Gasteiger partial charge in [-0.15, -0.1) is 0 Å². The number of nitrogens with one attached hydrogen (secondary N) is 1. The molecule has 4 heterocycles. The first-order valence-electron chi connectivity index (χ1n) is 8.55. The Hall–Kier alpha value is -1.90. The summed E-state index contributed by atoms with van der Waals surface area (Å²) in [5, 5.41) is 3.37. The molecule has 4 rings (SSSR count). The largest absolute Gasteiger partial charge is 0.337 e. The third kappa shape index (κ3) is 3.15. The maximum atomic E-state index is 12.8. The predicted octanol–water partition coefficient (Wildman–Crippen LogP) is 3.42. The number of aryl methyl sites for hydroxylation is 1. The summed E-state index contributed by atoms with van der Waals surface area (Å²) in [6.45, 7) is 4.75. The SMILES string of the molecule is Cc1nc2cc(C3CCCN(C(=O)c4nsc(Cl)c4Cl)C3)[nH]n2c(=O)c1C. The summed E-state index contributed by atoms with van der Waals surface area (Å²) >= 11 is 13.0. The molecule has 1 fully saturated rings. The van der Waals surface area contributed by atoms with E-state index < -0.39 is 0 Å². The van der Waals surface area contributed by atoms with Crippen molar-refractivity contribution in [1.82, 2.24) is 23.9 Å². The molecule has 1 atom stereocenters. The number of carbonyl (C=O) groups is 1. The number of piperidine rings is 1. The monoisotopic (exact) mass is 425 g/mol. The Bertz CT molecular complexity index is 1100. The van der Waals surface area contributed by atoms with Crippen LogP contribution in [0.5, 0.6) is 0 Å². The van der Waals surface area contributed by atoms with Crippen molar-refractivity contribution in [2.24, 2.45) is 0 Å². The molecule has 1 aliphatic heterocycles. The van der Waals surface area contributed by atoms with Crippen LogP contribution in [-0.2, 0) is 0 Å². The summed E-state index contributed by atoms with van der Waals surface area (Å²) in [6.07, 6.45) is 1.76. The van der Waals surface area contributed by atoms with Gasteiger partial charge in [-0.2, -0.15) is 4.37 Å². The van der Waals surface area contributed by atoms with E-state index in [4.69, 9.17) is 23.2 Å². The average molecular weight is 426 g/mol. The number of aromatic nitrogens is 4. The van der Waals surface area contributed by atoms with Crippen LogP contribution in [0.2, 0.25) is 9.36 Å². The molecule has 0 radical (unpaired) electrons. The minimum atomic E-state index is -0.217. The predicted molar refractivity (Wildman–Crippen MR) is 105 cm³/mol. The van der Waals surface area contributed by atoms with Gasteiger partial charge in [0.15, 0.2) is 11.3 Å². The third-order valence-electron chi connectivity index (χ3n) is 5.05. The van der Waals surface area contributed by atoms with Gasteiger partial charge in [-0.05, 0) is 38.2 Å². The van der Waals surface area contributed by atoms with E-state index in [1.165, 1.54) is 4.52 Å². The number of carbonyl (C=O) groups excluding carboxylic acids is 1. The Morgan fingerprint density at radius 1 is 1.37 bits per heavy atom. The second-order valence-electron chi connectivity index (χ2n) is 6.74. The number of hydrogen-bond acceptors (Lipinski definition) is 5. The number of amides is 1. The van der Waals surface area contributed by atoms with Gasteiger partial charge in [0.1, 0.15) is 9.36 Å². The highest BCUT2D eigenvalue weighted by Gasteiger charge is 2.30. The zero-order valence-electron chi connectivity index (χ0n) is 14.8. The van der Waals surface area contributed by atoms with E-state index in [1.807, 2.05) is 13.0 Å². The molecular formula is C17H17Cl2N5O2S. The highest BCUT2D eigenvalue weighted by Crippen LogP contribution is 2.32. The average Bonchev–Trinajstić information content (AvgIpc) is 3.23.